The van der Waals surface area contributed by atoms with E-state index in [1.165, 1.54) is 6.07 Å². The number of hydrogen-bond acceptors (Lipinski definition) is 2. The largest absolute Gasteiger partial charge is 0.435 e. The average molecular weight is 268 g/mol. The van der Waals surface area contributed by atoms with Crippen LogP contribution in [0.4, 0.5) is 4.39 Å². The third-order valence-electron chi connectivity index (χ3n) is 1.76. The van der Waals surface area contributed by atoms with E-state index < -0.39 is 5.82 Å². The average Bonchev–Trinajstić information content (AvgIpc) is 2.25. The molecule has 0 spiro atoms. The van der Waals surface area contributed by atoms with E-state index in [-0.39, 0.29) is 5.75 Å². The molecule has 0 amide bonds. The standard InChI is InChI=1S/C11H7BrFNO/c12-8-4-3-5-9(13)11(8)15-10-6-1-2-7-14-10/h1-7H. The highest BCUT2D eigenvalue weighted by Gasteiger charge is 2.08. The zero-order chi connectivity index (χ0) is 10.7. The van der Waals surface area contributed by atoms with Gasteiger partial charge in [0, 0.05) is 12.3 Å². The number of ether oxygens (including phenoxy) is 1. The first kappa shape index (κ1) is 10.1. The Labute approximate surface area is 94.9 Å². The summed E-state index contributed by atoms with van der Waals surface area (Å²) in [7, 11) is 0. The highest BCUT2D eigenvalue weighted by atomic mass is 79.9. The second-order valence-corrected chi connectivity index (χ2v) is 3.68. The van der Waals surface area contributed by atoms with Gasteiger partial charge in [-0.1, -0.05) is 12.1 Å². The summed E-state index contributed by atoms with van der Waals surface area (Å²) in [5, 5.41) is 0. The van der Waals surface area contributed by atoms with E-state index >= 15 is 0 Å². The van der Waals surface area contributed by atoms with Gasteiger partial charge in [-0.3, -0.25) is 0 Å². The lowest BCUT2D eigenvalue weighted by Gasteiger charge is -2.06. The Bertz CT molecular complexity index is 441. The highest BCUT2D eigenvalue weighted by molar-refractivity contribution is 9.10. The summed E-state index contributed by atoms with van der Waals surface area (Å²) in [4.78, 5) is 3.95. The minimum absolute atomic E-state index is 0.149. The zero-order valence-corrected chi connectivity index (χ0v) is 9.24. The fourth-order valence-electron chi connectivity index (χ4n) is 1.09. The molecule has 2 rings (SSSR count). The summed E-state index contributed by atoms with van der Waals surface area (Å²) >= 11 is 3.21. The number of hydrogen-bond donors (Lipinski definition) is 0. The van der Waals surface area contributed by atoms with Gasteiger partial charge < -0.3 is 4.74 Å². The minimum Gasteiger partial charge on any atom is -0.435 e. The van der Waals surface area contributed by atoms with Crippen LogP contribution in [-0.4, -0.2) is 4.98 Å². The fraction of sp³-hybridized carbons (Fsp3) is 0. The molecule has 0 N–H and O–H groups in total. The molecule has 0 bridgehead atoms. The normalized spacial score (nSPS) is 10.0. The van der Waals surface area contributed by atoms with E-state index in [9.17, 15) is 4.39 Å². The summed E-state index contributed by atoms with van der Waals surface area (Å²) in [5.74, 6) is 0.0922. The van der Waals surface area contributed by atoms with E-state index in [1.807, 2.05) is 0 Å². The van der Waals surface area contributed by atoms with Crippen molar-refractivity contribution < 1.29 is 9.13 Å². The monoisotopic (exact) mass is 267 g/mol. The van der Waals surface area contributed by atoms with E-state index in [1.54, 1.807) is 36.5 Å². The molecule has 0 aliphatic rings. The molecule has 15 heavy (non-hydrogen) atoms. The van der Waals surface area contributed by atoms with Crippen molar-refractivity contribution in [3.63, 3.8) is 0 Å². The number of rotatable bonds is 2. The molecule has 76 valence electrons. The Morgan fingerprint density at radius 1 is 1.13 bits per heavy atom. The number of benzene rings is 1. The van der Waals surface area contributed by atoms with Gasteiger partial charge in [0.05, 0.1) is 4.47 Å². The Kier molecular flexibility index (Phi) is 2.97. The maximum absolute atomic E-state index is 13.4. The molecule has 2 aromatic rings. The molecular weight excluding hydrogens is 261 g/mol. The molecule has 0 fully saturated rings. The Balaban J connectivity index is 2.32. The predicted molar refractivity (Wildman–Crippen MR) is 58.4 cm³/mol. The highest BCUT2D eigenvalue weighted by Crippen LogP contribution is 2.30. The Hall–Kier alpha value is -1.42. The Morgan fingerprint density at radius 3 is 2.67 bits per heavy atom. The van der Waals surface area contributed by atoms with Crippen LogP contribution in [0.5, 0.6) is 11.6 Å². The van der Waals surface area contributed by atoms with Crippen LogP contribution in [0.15, 0.2) is 47.1 Å². The molecule has 0 saturated heterocycles. The van der Waals surface area contributed by atoms with Crippen LogP contribution in [0.2, 0.25) is 0 Å². The quantitative estimate of drug-likeness (QED) is 0.826. The first-order valence-corrected chi connectivity index (χ1v) is 5.09. The van der Waals surface area contributed by atoms with Gasteiger partial charge in [0.1, 0.15) is 0 Å². The van der Waals surface area contributed by atoms with Crippen LogP contribution in [0, 0.1) is 5.82 Å². The van der Waals surface area contributed by atoms with Crippen molar-refractivity contribution in [2.75, 3.05) is 0 Å². The van der Waals surface area contributed by atoms with Crippen LogP contribution in [-0.2, 0) is 0 Å². The maximum atomic E-state index is 13.4. The van der Waals surface area contributed by atoms with Gasteiger partial charge in [0.2, 0.25) is 5.88 Å². The van der Waals surface area contributed by atoms with E-state index in [0.717, 1.165) is 0 Å². The van der Waals surface area contributed by atoms with E-state index in [0.29, 0.717) is 10.4 Å². The molecule has 0 saturated carbocycles. The summed E-state index contributed by atoms with van der Waals surface area (Å²) in [6, 6.07) is 9.86. The summed E-state index contributed by atoms with van der Waals surface area (Å²) in [6.07, 6.45) is 1.59. The van der Waals surface area contributed by atoms with Crippen molar-refractivity contribution in [2.45, 2.75) is 0 Å². The van der Waals surface area contributed by atoms with Crippen LogP contribution in [0.1, 0.15) is 0 Å². The number of halogens is 2. The Morgan fingerprint density at radius 2 is 2.00 bits per heavy atom. The first-order chi connectivity index (χ1) is 7.27. The molecule has 1 aromatic heterocycles. The van der Waals surface area contributed by atoms with Gasteiger partial charge in [-0.15, -0.1) is 0 Å². The van der Waals surface area contributed by atoms with Crippen LogP contribution < -0.4 is 4.74 Å². The second kappa shape index (κ2) is 4.40. The molecule has 0 aliphatic carbocycles. The van der Waals surface area contributed by atoms with Crippen molar-refractivity contribution in [3.8, 4) is 11.6 Å². The minimum atomic E-state index is -0.421. The van der Waals surface area contributed by atoms with Gasteiger partial charge in [-0.25, -0.2) is 9.37 Å². The zero-order valence-electron chi connectivity index (χ0n) is 7.65. The SMILES string of the molecule is Fc1cccc(Br)c1Oc1ccccn1. The van der Waals surface area contributed by atoms with Crippen molar-refractivity contribution in [1.82, 2.24) is 4.98 Å². The third-order valence-corrected chi connectivity index (χ3v) is 2.39. The number of para-hydroxylation sites is 1. The number of nitrogens with zero attached hydrogens (tertiary/aromatic N) is 1. The van der Waals surface area contributed by atoms with Gasteiger partial charge in [-0.2, -0.15) is 0 Å². The summed E-state index contributed by atoms with van der Waals surface area (Å²) < 4.78 is 19.2. The molecule has 0 radical (unpaired) electrons. The van der Waals surface area contributed by atoms with Crippen LogP contribution in [0.3, 0.4) is 0 Å². The molecule has 0 aliphatic heterocycles. The molecule has 0 atom stereocenters. The van der Waals surface area contributed by atoms with Crippen molar-refractivity contribution >= 4 is 15.9 Å². The third kappa shape index (κ3) is 2.33. The summed E-state index contributed by atoms with van der Waals surface area (Å²) in [6.45, 7) is 0. The lowest BCUT2D eigenvalue weighted by atomic mass is 10.3. The van der Waals surface area contributed by atoms with Gasteiger partial charge >= 0.3 is 0 Å². The molecule has 2 nitrogen and oxygen atoms in total. The molecule has 4 heteroatoms. The predicted octanol–water partition coefficient (Wildman–Crippen LogP) is 3.78. The smallest absolute Gasteiger partial charge is 0.219 e. The van der Waals surface area contributed by atoms with Gasteiger partial charge in [0.15, 0.2) is 11.6 Å². The number of aromatic nitrogens is 1. The maximum Gasteiger partial charge on any atom is 0.219 e. The second-order valence-electron chi connectivity index (χ2n) is 2.82. The van der Waals surface area contributed by atoms with Gasteiger partial charge in [0.25, 0.3) is 0 Å². The summed E-state index contributed by atoms with van der Waals surface area (Å²) in [5.41, 5.74) is 0. The lowest BCUT2D eigenvalue weighted by Crippen LogP contribution is -1.91. The number of pyridine rings is 1. The van der Waals surface area contributed by atoms with Gasteiger partial charge in [-0.05, 0) is 34.1 Å². The van der Waals surface area contributed by atoms with Crippen molar-refractivity contribution in [1.29, 1.82) is 0 Å². The lowest BCUT2D eigenvalue weighted by molar-refractivity contribution is 0.424. The van der Waals surface area contributed by atoms with E-state index in [2.05, 4.69) is 20.9 Å². The fourth-order valence-corrected chi connectivity index (χ4v) is 1.52. The van der Waals surface area contributed by atoms with Crippen molar-refractivity contribution in [3.05, 3.63) is 52.9 Å². The molecular formula is C11H7BrFNO. The van der Waals surface area contributed by atoms with Crippen LogP contribution >= 0.6 is 15.9 Å². The van der Waals surface area contributed by atoms with Crippen molar-refractivity contribution in [2.24, 2.45) is 0 Å². The topological polar surface area (TPSA) is 22.1 Å². The molecule has 1 aromatic carbocycles. The van der Waals surface area contributed by atoms with Crippen LogP contribution in [0.25, 0.3) is 0 Å². The van der Waals surface area contributed by atoms with E-state index in [4.69, 9.17) is 4.74 Å². The molecule has 1 heterocycles. The molecule has 0 unspecified atom stereocenters. The first-order valence-electron chi connectivity index (χ1n) is 4.30.